The first kappa shape index (κ1) is 30.5. The number of amides is 2. The summed E-state index contributed by atoms with van der Waals surface area (Å²) >= 11 is 5.89. The molecule has 43 heavy (non-hydrogen) atoms. The van der Waals surface area contributed by atoms with Gasteiger partial charge >= 0.3 is 5.97 Å². The van der Waals surface area contributed by atoms with Crippen molar-refractivity contribution in [3.63, 3.8) is 0 Å². The Morgan fingerprint density at radius 3 is 2.30 bits per heavy atom. The van der Waals surface area contributed by atoms with Crippen LogP contribution >= 0.6 is 11.6 Å². The van der Waals surface area contributed by atoms with Gasteiger partial charge in [0, 0.05) is 27.9 Å². The molecule has 4 rings (SSSR count). The first-order chi connectivity index (χ1) is 20.8. The van der Waals surface area contributed by atoms with Crippen molar-refractivity contribution in [1.82, 2.24) is 5.43 Å². The van der Waals surface area contributed by atoms with Crippen molar-refractivity contribution < 1.29 is 28.6 Å². The number of halogens is 1. The lowest BCUT2D eigenvalue weighted by Crippen LogP contribution is -2.18. The minimum Gasteiger partial charge on any atom is -0.497 e. The minimum absolute atomic E-state index is 0.238. The van der Waals surface area contributed by atoms with E-state index in [1.807, 2.05) is 0 Å². The number of carbonyl (C=O) groups is 3. The van der Waals surface area contributed by atoms with Gasteiger partial charge in [0.1, 0.15) is 5.75 Å². The number of rotatable bonds is 11. The molecular formula is C33H28ClN3O6. The van der Waals surface area contributed by atoms with E-state index in [1.54, 1.807) is 104 Å². The maximum absolute atomic E-state index is 12.7. The molecule has 0 heterocycles. The van der Waals surface area contributed by atoms with Crippen LogP contribution in [0.1, 0.15) is 38.8 Å². The highest BCUT2D eigenvalue weighted by Crippen LogP contribution is 2.28. The van der Waals surface area contributed by atoms with Crippen LogP contribution in [0, 0.1) is 0 Å². The third-order valence-corrected chi connectivity index (χ3v) is 6.11. The first-order valence-corrected chi connectivity index (χ1v) is 13.5. The molecular weight excluding hydrogens is 570 g/mol. The molecule has 0 atom stereocenters. The van der Waals surface area contributed by atoms with E-state index in [2.05, 4.69) is 15.8 Å². The van der Waals surface area contributed by atoms with Crippen molar-refractivity contribution in [2.24, 2.45) is 5.10 Å². The van der Waals surface area contributed by atoms with E-state index in [0.29, 0.717) is 45.5 Å². The van der Waals surface area contributed by atoms with Gasteiger partial charge in [-0.2, -0.15) is 5.10 Å². The fourth-order valence-corrected chi connectivity index (χ4v) is 3.90. The van der Waals surface area contributed by atoms with Crippen LogP contribution in [0.15, 0.2) is 102 Å². The summed E-state index contributed by atoms with van der Waals surface area (Å²) in [6, 6.07) is 25.1. The highest BCUT2D eigenvalue weighted by Gasteiger charge is 2.11. The molecule has 9 nitrogen and oxygen atoms in total. The fraction of sp³-hybridized carbons (Fsp3) is 0.0909. The molecule has 0 aliphatic rings. The zero-order valence-corrected chi connectivity index (χ0v) is 24.1. The van der Waals surface area contributed by atoms with Gasteiger partial charge in [-0.1, -0.05) is 35.9 Å². The Bertz CT molecular complexity index is 1670. The molecule has 2 amide bonds. The zero-order valence-electron chi connectivity index (χ0n) is 23.4. The topological polar surface area (TPSA) is 115 Å². The lowest BCUT2D eigenvalue weighted by atomic mass is 10.1. The molecule has 2 N–H and O–H groups in total. The standard InChI is InChI=1S/C33H28ClN3O6/c1-3-42-30-18-23(12-16-29(30)43-31(38)17-13-22-10-14-26(34)15-11-22)21-35-37-33(40)24-6-4-8-27(19-24)36-32(39)25-7-5-9-28(20-25)41-2/h4-21H,3H2,1-2H3,(H,36,39)(H,37,40)/b17-13+,35-21?. The quantitative estimate of drug-likeness (QED) is 0.0681. The molecule has 0 aliphatic heterocycles. The fourth-order valence-electron chi connectivity index (χ4n) is 3.77. The summed E-state index contributed by atoms with van der Waals surface area (Å²) in [6.45, 7) is 2.15. The average Bonchev–Trinajstić information content (AvgIpc) is 3.02. The van der Waals surface area contributed by atoms with E-state index in [9.17, 15) is 14.4 Å². The summed E-state index contributed by atoms with van der Waals surface area (Å²) in [5.41, 5.74) is 5.02. The maximum Gasteiger partial charge on any atom is 0.336 e. The van der Waals surface area contributed by atoms with Crippen molar-refractivity contribution >= 4 is 47.4 Å². The van der Waals surface area contributed by atoms with Gasteiger partial charge in [-0.05, 0) is 90.9 Å². The molecule has 0 saturated heterocycles. The van der Waals surface area contributed by atoms with Crippen LogP contribution in [-0.2, 0) is 4.79 Å². The molecule has 0 aromatic heterocycles. The number of hydrogen-bond donors (Lipinski definition) is 2. The van der Waals surface area contributed by atoms with E-state index in [0.717, 1.165) is 5.56 Å². The summed E-state index contributed by atoms with van der Waals surface area (Å²) in [5.74, 6) is -0.258. The highest BCUT2D eigenvalue weighted by molar-refractivity contribution is 6.30. The number of hydrogen-bond acceptors (Lipinski definition) is 7. The second kappa shape index (κ2) is 15.0. The number of nitrogens with one attached hydrogen (secondary N) is 2. The molecule has 0 saturated carbocycles. The molecule has 10 heteroatoms. The van der Waals surface area contributed by atoms with Gasteiger partial charge in [-0.3, -0.25) is 9.59 Å². The Labute approximate surface area is 253 Å². The Kier molecular flexibility index (Phi) is 10.7. The van der Waals surface area contributed by atoms with Crippen molar-refractivity contribution in [3.8, 4) is 17.2 Å². The van der Waals surface area contributed by atoms with Gasteiger partial charge in [0.25, 0.3) is 11.8 Å². The van der Waals surface area contributed by atoms with Crippen molar-refractivity contribution in [3.05, 3.63) is 124 Å². The lowest BCUT2D eigenvalue weighted by molar-refractivity contribution is -0.129. The lowest BCUT2D eigenvalue weighted by Gasteiger charge is -2.10. The SMILES string of the molecule is CCOc1cc(C=NNC(=O)c2cccc(NC(=O)c3cccc(OC)c3)c2)ccc1OC(=O)/C=C/c1ccc(Cl)cc1. The van der Waals surface area contributed by atoms with Crippen LogP contribution in [0.4, 0.5) is 5.69 Å². The van der Waals surface area contributed by atoms with Gasteiger partial charge < -0.3 is 19.5 Å². The third-order valence-electron chi connectivity index (χ3n) is 5.85. The van der Waals surface area contributed by atoms with Crippen molar-refractivity contribution in [2.75, 3.05) is 19.0 Å². The molecule has 4 aromatic rings. The van der Waals surface area contributed by atoms with Crippen molar-refractivity contribution in [2.45, 2.75) is 6.92 Å². The Balaban J connectivity index is 1.36. The zero-order chi connectivity index (χ0) is 30.6. The number of methoxy groups -OCH3 is 1. The summed E-state index contributed by atoms with van der Waals surface area (Å²) < 4.78 is 16.2. The molecule has 4 aromatic carbocycles. The third kappa shape index (κ3) is 9.04. The number of benzene rings is 4. The number of esters is 1. The highest BCUT2D eigenvalue weighted by atomic mass is 35.5. The number of ether oxygens (including phenoxy) is 3. The normalized spacial score (nSPS) is 10.9. The summed E-state index contributed by atoms with van der Waals surface area (Å²) in [6.07, 6.45) is 4.36. The Morgan fingerprint density at radius 2 is 1.56 bits per heavy atom. The van der Waals surface area contributed by atoms with E-state index < -0.39 is 11.9 Å². The van der Waals surface area contributed by atoms with Crippen LogP contribution in [0.3, 0.4) is 0 Å². The van der Waals surface area contributed by atoms with Gasteiger partial charge in [0.15, 0.2) is 11.5 Å². The Morgan fingerprint density at radius 1 is 0.837 bits per heavy atom. The van der Waals surface area contributed by atoms with E-state index >= 15 is 0 Å². The molecule has 0 bridgehead atoms. The summed E-state index contributed by atoms with van der Waals surface area (Å²) in [4.78, 5) is 37.7. The maximum atomic E-state index is 12.7. The molecule has 0 aliphatic carbocycles. The number of anilines is 1. The first-order valence-electron chi connectivity index (χ1n) is 13.2. The molecule has 0 spiro atoms. The number of hydrazone groups is 1. The minimum atomic E-state index is -0.577. The van der Waals surface area contributed by atoms with E-state index in [-0.39, 0.29) is 11.7 Å². The van der Waals surface area contributed by atoms with Crippen LogP contribution in [0.25, 0.3) is 6.08 Å². The number of carbonyl (C=O) groups excluding carboxylic acids is 3. The Hall–Kier alpha value is -5.41. The van der Waals surface area contributed by atoms with Gasteiger partial charge in [0.2, 0.25) is 0 Å². The van der Waals surface area contributed by atoms with Crippen LogP contribution in [-0.4, -0.2) is 37.7 Å². The summed E-state index contributed by atoms with van der Waals surface area (Å²) in [7, 11) is 1.52. The molecule has 0 unspecified atom stereocenters. The molecule has 0 radical (unpaired) electrons. The predicted octanol–water partition coefficient (Wildman–Crippen LogP) is 6.38. The number of nitrogens with zero attached hydrogens (tertiary/aromatic N) is 1. The second-order valence-electron chi connectivity index (χ2n) is 8.91. The predicted molar refractivity (Wildman–Crippen MR) is 166 cm³/mol. The van der Waals surface area contributed by atoms with Crippen LogP contribution in [0.2, 0.25) is 5.02 Å². The average molecular weight is 598 g/mol. The second-order valence-corrected chi connectivity index (χ2v) is 9.35. The van der Waals surface area contributed by atoms with Crippen molar-refractivity contribution in [1.29, 1.82) is 0 Å². The van der Waals surface area contributed by atoms with Gasteiger partial charge in [0.05, 0.1) is 19.9 Å². The molecule has 0 fully saturated rings. The van der Waals surface area contributed by atoms with Gasteiger partial charge in [-0.15, -0.1) is 0 Å². The smallest absolute Gasteiger partial charge is 0.336 e. The van der Waals surface area contributed by atoms with Crippen LogP contribution < -0.4 is 25.0 Å². The van der Waals surface area contributed by atoms with E-state index in [4.69, 9.17) is 25.8 Å². The molecule has 218 valence electrons. The monoisotopic (exact) mass is 597 g/mol. The van der Waals surface area contributed by atoms with Crippen LogP contribution in [0.5, 0.6) is 17.2 Å². The summed E-state index contributed by atoms with van der Waals surface area (Å²) in [5, 5.41) is 7.40. The van der Waals surface area contributed by atoms with E-state index in [1.165, 1.54) is 19.4 Å². The van der Waals surface area contributed by atoms with Gasteiger partial charge in [-0.25, -0.2) is 10.2 Å². The largest absolute Gasteiger partial charge is 0.497 e.